The van der Waals surface area contributed by atoms with Gasteiger partial charge in [0.1, 0.15) is 5.75 Å². The van der Waals surface area contributed by atoms with Crippen LogP contribution in [0.4, 0.5) is 5.69 Å². The van der Waals surface area contributed by atoms with Crippen LogP contribution in [0.1, 0.15) is 18.1 Å². The third-order valence-corrected chi connectivity index (χ3v) is 5.66. The zero-order valence-corrected chi connectivity index (χ0v) is 18.3. The zero-order chi connectivity index (χ0) is 21.5. The molecule has 156 valence electrons. The summed E-state index contributed by atoms with van der Waals surface area (Å²) in [6, 6.07) is 13.7. The first-order valence-corrected chi connectivity index (χ1v) is 10.8. The van der Waals surface area contributed by atoms with E-state index in [1.807, 2.05) is 54.0 Å². The highest BCUT2D eigenvalue weighted by Crippen LogP contribution is 2.27. The fourth-order valence-electron chi connectivity index (χ4n) is 3.17. The van der Waals surface area contributed by atoms with Crippen LogP contribution in [0.5, 0.6) is 5.75 Å². The van der Waals surface area contributed by atoms with Crippen LogP contribution in [0.2, 0.25) is 0 Å². The van der Waals surface area contributed by atoms with Gasteiger partial charge in [0.05, 0.1) is 12.9 Å². The summed E-state index contributed by atoms with van der Waals surface area (Å²) < 4.78 is 7.26. The maximum Gasteiger partial charge on any atom is 0.234 e. The maximum atomic E-state index is 12.6. The Bertz CT molecular complexity index is 1050. The summed E-state index contributed by atoms with van der Waals surface area (Å²) in [6.07, 6.45) is 2.65. The number of methoxy groups -OCH3 is 1. The van der Waals surface area contributed by atoms with Crippen LogP contribution in [0.25, 0.3) is 11.4 Å². The second-order valence-electron chi connectivity index (χ2n) is 6.74. The van der Waals surface area contributed by atoms with Crippen molar-refractivity contribution in [3.05, 3.63) is 66.2 Å². The van der Waals surface area contributed by atoms with Crippen LogP contribution >= 0.6 is 11.8 Å². The van der Waals surface area contributed by atoms with Crippen molar-refractivity contribution in [2.45, 2.75) is 32.0 Å². The lowest BCUT2D eigenvalue weighted by molar-refractivity contribution is -0.113. The number of para-hydroxylation sites is 1. The number of ether oxygens (including phenoxy) is 1. The first-order chi connectivity index (χ1) is 14.6. The van der Waals surface area contributed by atoms with E-state index in [4.69, 9.17) is 4.74 Å². The molecule has 3 rings (SSSR count). The number of hydrogen-bond donors (Lipinski definition) is 1. The molecule has 0 aliphatic rings. The number of aromatic nitrogens is 3. The standard InChI is InChI=1S/C23H26N4O2S/c1-5-13-27-22(18-11-8-12-19(14-18)29-4)25-26-23(27)30-15-20(28)24-21-16(3)9-7-10-17(21)6-2/h5,7-12,14H,1,6,13,15H2,2-4H3,(H,24,28). The normalized spacial score (nSPS) is 10.6. The lowest BCUT2D eigenvalue weighted by atomic mass is 10.1. The predicted octanol–water partition coefficient (Wildman–Crippen LogP) is 4.74. The van der Waals surface area contributed by atoms with Gasteiger partial charge in [0.2, 0.25) is 5.91 Å². The first-order valence-electron chi connectivity index (χ1n) is 9.77. The number of amides is 1. The number of nitrogens with zero attached hydrogens (tertiary/aromatic N) is 3. The Labute approximate surface area is 181 Å². The van der Waals surface area contributed by atoms with E-state index in [0.717, 1.165) is 34.5 Å². The van der Waals surface area contributed by atoms with Gasteiger partial charge in [-0.15, -0.1) is 16.8 Å². The summed E-state index contributed by atoms with van der Waals surface area (Å²) in [5, 5.41) is 12.4. The molecule has 1 heterocycles. The predicted molar refractivity (Wildman–Crippen MR) is 122 cm³/mol. The molecule has 0 saturated heterocycles. The monoisotopic (exact) mass is 422 g/mol. The molecule has 0 atom stereocenters. The van der Waals surface area contributed by atoms with Gasteiger partial charge in [0.25, 0.3) is 0 Å². The Morgan fingerprint density at radius 1 is 1.27 bits per heavy atom. The van der Waals surface area contributed by atoms with E-state index in [1.165, 1.54) is 11.8 Å². The average Bonchev–Trinajstić information content (AvgIpc) is 3.16. The molecule has 0 fully saturated rings. The van der Waals surface area contributed by atoms with Gasteiger partial charge in [-0.25, -0.2) is 0 Å². The molecule has 7 heteroatoms. The van der Waals surface area contributed by atoms with Crippen molar-refractivity contribution in [3.63, 3.8) is 0 Å². The minimum absolute atomic E-state index is 0.0694. The number of allylic oxidation sites excluding steroid dienone is 1. The number of anilines is 1. The molecular weight excluding hydrogens is 396 g/mol. The molecule has 0 unspecified atom stereocenters. The van der Waals surface area contributed by atoms with E-state index in [9.17, 15) is 4.79 Å². The molecule has 1 aromatic heterocycles. The smallest absolute Gasteiger partial charge is 0.234 e. The number of carbonyl (C=O) groups excluding carboxylic acids is 1. The minimum atomic E-state index is -0.0694. The molecule has 0 bridgehead atoms. The number of aryl methyl sites for hydroxylation is 2. The van der Waals surface area contributed by atoms with E-state index in [0.29, 0.717) is 17.5 Å². The Morgan fingerprint density at radius 2 is 2.07 bits per heavy atom. The second kappa shape index (κ2) is 10.1. The van der Waals surface area contributed by atoms with Crippen molar-refractivity contribution in [3.8, 4) is 17.1 Å². The molecule has 0 spiro atoms. The quantitative estimate of drug-likeness (QED) is 0.398. The lowest BCUT2D eigenvalue weighted by Crippen LogP contribution is -2.16. The van der Waals surface area contributed by atoms with Gasteiger partial charge in [0.15, 0.2) is 11.0 Å². The van der Waals surface area contributed by atoms with Crippen molar-refractivity contribution in [1.29, 1.82) is 0 Å². The Kier molecular flexibility index (Phi) is 7.30. The van der Waals surface area contributed by atoms with Crippen molar-refractivity contribution in [2.75, 3.05) is 18.2 Å². The van der Waals surface area contributed by atoms with Crippen molar-refractivity contribution in [2.24, 2.45) is 0 Å². The summed E-state index contributed by atoms with van der Waals surface area (Å²) in [5.41, 5.74) is 3.98. The Balaban J connectivity index is 1.76. The SMILES string of the molecule is C=CCn1c(SCC(=O)Nc2c(C)cccc2CC)nnc1-c1cccc(OC)c1. The third-order valence-electron chi connectivity index (χ3n) is 4.69. The molecule has 1 amide bonds. The summed E-state index contributed by atoms with van der Waals surface area (Å²) in [4.78, 5) is 12.6. The maximum absolute atomic E-state index is 12.6. The number of carbonyl (C=O) groups is 1. The van der Waals surface area contributed by atoms with Crippen LogP contribution in [0, 0.1) is 6.92 Å². The van der Waals surface area contributed by atoms with Gasteiger partial charge in [-0.1, -0.05) is 55.1 Å². The molecule has 30 heavy (non-hydrogen) atoms. The van der Waals surface area contributed by atoms with Gasteiger partial charge in [-0.2, -0.15) is 0 Å². The van der Waals surface area contributed by atoms with Crippen LogP contribution in [-0.2, 0) is 17.8 Å². The molecule has 6 nitrogen and oxygen atoms in total. The Morgan fingerprint density at radius 3 is 2.80 bits per heavy atom. The minimum Gasteiger partial charge on any atom is -0.497 e. The lowest BCUT2D eigenvalue weighted by Gasteiger charge is -2.13. The highest BCUT2D eigenvalue weighted by Gasteiger charge is 2.16. The fraction of sp³-hybridized carbons (Fsp3) is 0.261. The Hall–Kier alpha value is -3.06. The molecule has 0 aliphatic carbocycles. The van der Waals surface area contributed by atoms with Crippen LogP contribution in [0.3, 0.4) is 0 Å². The molecular formula is C23H26N4O2S. The molecule has 2 aromatic carbocycles. The van der Waals surface area contributed by atoms with Gasteiger partial charge >= 0.3 is 0 Å². The summed E-state index contributed by atoms with van der Waals surface area (Å²) in [6.45, 7) is 8.46. The van der Waals surface area contributed by atoms with Crippen LogP contribution < -0.4 is 10.1 Å². The van der Waals surface area contributed by atoms with E-state index in [-0.39, 0.29) is 11.7 Å². The molecule has 3 aromatic rings. The fourth-order valence-corrected chi connectivity index (χ4v) is 3.92. The van der Waals surface area contributed by atoms with Crippen LogP contribution in [0.15, 0.2) is 60.3 Å². The van der Waals surface area contributed by atoms with Gasteiger partial charge in [0, 0.05) is 17.8 Å². The van der Waals surface area contributed by atoms with Crippen molar-refractivity contribution < 1.29 is 9.53 Å². The van der Waals surface area contributed by atoms with Crippen molar-refractivity contribution in [1.82, 2.24) is 14.8 Å². The topological polar surface area (TPSA) is 69.0 Å². The van der Waals surface area contributed by atoms with E-state index < -0.39 is 0 Å². The summed E-state index contributed by atoms with van der Waals surface area (Å²) in [5.74, 6) is 1.63. The molecule has 0 aliphatic heterocycles. The van der Waals surface area contributed by atoms with Crippen molar-refractivity contribution >= 4 is 23.4 Å². The number of hydrogen-bond acceptors (Lipinski definition) is 5. The average molecular weight is 423 g/mol. The number of rotatable bonds is 9. The van der Waals surface area contributed by atoms with E-state index in [1.54, 1.807) is 13.2 Å². The summed E-state index contributed by atoms with van der Waals surface area (Å²) in [7, 11) is 1.63. The molecule has 1 N–H and O–H groups in total. The third kappa shape index (κ3) is 4.91. The highest BCUT2D eigenvalue weighted by atomic mass is 32.2. The van der Waals surface area contributed by atoms with Gasteiger partial charge in [-0.05, 0) is 36.6 Å². The highest BCUT2D eigenvalue weighted by molar-refractivity contribution is 7.99. The number of thioether (sulfide) groups is 1. The van der Waals surface area contributed by atoms with Gasteiger partial charge in [-0.3, -0.25) is 9.36 Å². The zero-order valence-electron chi connectivity index (χ0n) is 17.5. The largest absolute Gasteiger partial charge is 0.497 e. The number of nitrogens with one attached hydrogen (secondary N) is 1. The molecule has 0 saturated carbocycles. The molecule has 0 radical (unpaired) electrons. The number of benzene rings is 2. The van der Waals surface area contributed by atoms with Crippen LogP contribution in [-0.4, -0.2) is 33.5 Å². The second-order valence-corrected chi connectivity index (χ2v) is 7.68. The summed E-state index contributed by atoms with van der Waals surface area (Å²) >= 11 is 1.36. The van der Waals surface area contributed by atoms with Gasteiger partial charge < -0.3 is 10.1 Å². The first kappa shape index (κ1) is 21.6. The van der Waals surface area contributed by atoms with E-state index >= 15 is 0 Å². The van der Waals surface area contributed by atoms with E-state index in [2.05, 4.69) is 29.0 Å².